The fraction of sp³-hybridized carbons (Fsp3) is 0.655. The number of nitrogen functional groups attached to an aromatic ring is 1. The van der Waals surface area contributed by atoms with Crippen molar-refractivity contribution in [3.05, 3.63) is 23.8 Å². The van der Waals surface area contributed by atoms with Crippen LogP contribution >= 0.6 is 11.8 Å². The molecule has 3 amide bonds. The van der Waals surface area contributed by atoms with Crippen LogP contribution in [-0.4, -0.2) is 100 Å². The van der Waals surface area contributed by atoms with Gasteiger partial charge in [-0.3, -0.25) is 19.2 Å². The van der Waals surface area contributed by atoms with Crippen molar-refractivity contribution in [2.75, 3.05) is 70.8 Å². The van der Waals surface area contributed by atoms with Crippen LogP contribution in [0.2, 0.25) is 0 Å². The predicted molar refractivity (Wildman–Crippen MR) is 160 cm³/mol. The van der Waals surface area contributed by atoms with Crippen molar-refractivity contribution in [3.63, 3.8) is 0 Å². The number of amides is 3. The SMILES string of the molecule is Nc1cc(OCC(=O)NCCCOCCOCCOCCNC(=O)CCCCC2SCC3CC(=O)NC32)ccc1C=O. The van der Waals surface area contributed by atoms with Gasteiger partial charge in [0, 0.05) is 61.1 Å². The maximum absolute atomic E-state index is 12.0. The molecule has 2 heterocycles. The maximum atomic E-state index is 12.0. The molecule has 2 saturated heterocycles. The zero-order valence-corrected chi connectivity index (χ0v) is 24.9. The Kier molecular flexibility index (Phi) is 15.5. The second kappa shape index (κ2) is 19.3. The lowest BCUT2D eigenvalue weighted by Crippen LogP contribution is -2.34. The summed E-state index contributed by atoms with van der Waals surface area (Å²) in [4.78, 5) is 46.2. The fourth-order valence-corrected chi connectivity index (χ4v) is 6.43. The highest BCUT2D eigenvalue weighted by molar-refractivity contribution is 8.00. The number of hydrogen-bond donors (Lipinski definition) is 4. The van der Waals surface area contributed by atoms with E-state index in [1.165, 1.54) is 6.07 Å². The summed E-state index contributed by atoms with van der Waals surface area (Å²) in [6, 6.07) is 4.96. The third-order valence-electron chi connectivity index (χ3n) is 7.01. The van der Waals surface area contributed by atoms with Crippen LogP contribution in [0.15, 0.2) is 18.2 Å². The Balaban J connectivity index is 1.02. The van der Waals surface area contributed by atoms with Gasteiger partial charge in [0.15, 0.2) is 12.9 Å². The van der Waals surface area contributed by atoms with Crippen molar-refractivity contribution in [3.8, 4) is 5.75 Å². The van der Waals surface area contributed by atoms with Crippen molar-refractivity contribution in [2.24, 2.45) is 5.92 Å². The summed E-state index contributed by atoms with van der Waals surface area (Å²) in [7, 11) is 0. The Labute approximate surface area is 251 Å². The number of benzene rings is 1. The van der Waals surface area contributed by atoms with Crippen LogP contribution in [-0.2, 0) is 28.6 Å². The topological polar surface area (TPSA) is 167 Å². The fourth-order valence-electron chi connectivity index (χ4n) is 4.78. The molecule has 2 aliphatic rings. The molecule has 0 saturated carbocycles. The van der Waals surface area contributed by atoms with Crippen LogP contribution in [0.4, 0.5) is 5.69 Å². The van der Waals surface area contributed by atoms with E-state index in [0.29, 0.717) is 112 Å². The first kappa shape index (κ1) is 33.6. The Hall–Kier alpha value is -2.87. The van der Waals surface area contributed by atoms with Gasteiger partial charge in [0.25, 0.3) is 5.91 Å². The van der Waals surface area contributed by atoms with E-state index in [1.807, 2.05) is 11.8 Å². The van der Waals surface area contributed by atoms with Gasteiger partial charge >= 0.3 is 0 Å². The zero-order valence-electron chi connectivity index (χ0n) is 24.1. The van der Waals surface area contributed by atoms with Crippen LogP contribution in [0.25, 0.3) is 0 Å². The van der Waals surface area contributed by atoms with E-state index in [-0.39, 0.29) is 24.3 Å². The smallest absolute Gasteiger partial charge is 0.257 e. The largest absolute Gasteiger partial charge is 0.484 e. The Morgan fingerprint density at radius 1 is 0.976 bits per heavy atom. The van der Waals surface area contributed by atoms with Crippen molar-refractivity contribution in [1.29, 1.82) is 0 Å². The number of thioether (sulfide) groups is 1. The first-order valence-corrected chi connectivity index (χ1v) is 15.7. The van der Waals surface area contributed by atoms with Gasteiger partial charge in [-0.15, -0.1) is 0 Å². The van der Waals surface area contributed by atoms with Gasteiger partial charge in [-0.25, -0.2) is 0 Å². The standard InChI is InChI=1S/C29H44N4O8S/c30-24-17-23(7-6-21(24)18-34)41-19-28(37)31-8-3-10-38-12-14-40-15-13-39-11-9-32-26(35)5-2-1-4-25-29-22(20-42-25)16-27(36)33-29/h6-7,17-18,22,25,29H,1-5,8-16,19-20,30H2,(H,31,37)(H,32,35)(H,33,36). The molecule has 42 heavy (non-hydrogen) atoms. The van der Waals surface area contributed by atoms with Gasteiger partial charge < -0.3 is 40.6 Å². The molecule has 2 fully saturated rings. The second-order valence-corrected chi connectivity index (χ2v) is 11.5. The molecule has 3 rings (SSSR count). The third kappa shape index (κ3) is 12.6. The minimum absolute atomic E-state index is 0.0406. The Morgan fingerprint density at radius 3 is 2.48 bits per heavy atom. The summed E-state index contributed by atoms with van der Waals surface area (Å²) in [5, 5.41) is 9.22. The van der Waals surface area contributed by atoms with Crippen LogP contribution in [0, 0.1) is 5.92 Å². The highest BCUT2D eigenvalue weighted by Crippen LogP contribution is 2.39. The highest BCUT2D eigenvalue weighted by atomic mass is 32.2. The molecular weight excluding hydrogens is 564 g/mol. The lowest BCUT2D eigenvalue weighted by molar-refractivity contribution is -0.123. The van der Waals surface area contributed by atoms with Crippen LogP contribution in [0.3, 0.4) is 0 Å². The number of carbonyl (C=O) groups is 4. The summed E-state index contributed by atoms with van der Waals surface area (Å²) in [6.45, 7) is 3.48. The number of rotatable bonds is 22. The number of nitrogens with two attached hydrogens (primary N) is 1. The second-order valence-electron chi connectivity index (χ2n) is 10.3. The molecule has 3 atom stereocenters. The third-order valence-corrected chi connectivity index (χ3v) is 8.58. The predicted octanol–water partition coefficient (Wildman–Crippen LogP) is 1.31. The van der Waals surface area contributed by atoms with E-state index in [4.69, 9.17) is 24.7 Å². The number of nitrogens with one attached hydrogen (secondary N) is 3. The summed E-state index contributed by atoms with van der Waals surface area (Å²) < 4.78 is 21.8. The van der Waals surface area contributed by atoms with E-state index in [1.54, 1.807) is 12.1 Å². The number of unbranched alkanes of at least 4 members (excludes halogenated alkanes) is 1. The Bertz CT molecular complexity index is 1010. The van der Waals surface area contributed by atoms with E-state index in [2.05, 4.69) is 16.0 Å². The average molecular weight is 609 g/mol. The molecule has 1 aromatic carbocycles. The Morgan fingerprint density at radius 2 is 1.71 bits per heavy atom. The number of carbonyl (C=O) groups excluding carboxylic acids is 4. The molecule has 5 N–H and O–H groups in total. The van der Waals surface area contributed by atoms with Gasteiger partial charge in [-0.05, 0) is 43.1 Å². The quantitative estimate of drug-likeness (QED) is 0.0856. The van der Waals surface area contributed by atoms with Gasteiger partial charge in [0.2, 0.25) is 11.8 Å². The molecule has 234 valence electrons. The van der Waals surface area contributed by atoms with Crippen LogP contribution in [0.5, 0.6) is 5.75 Å². The van der Waals surface area contributed by atoms with E-state index in [9.17, 15) is 19.2 Å². The van der Waals surface area contributed by atoms with Crippen LogP contribution in [0.1, 0.15) is 48.9 Å². The first-order valence-electron chi connectivity index (χ1n) is 14.6. The molecule has 1 aromatic rings. The zero-order chi connectivity index (χ0) is 30.0. The monoisotopic (exact) mass is 608 g/mol. The number of aldehydes is 1. The molecule has 0 bridgehead atoms. The summed E-state index contributed by atoms with van der Waals surface area (Å²) in [5.41, 5.74) is 6.39. The van der Waals surface area contributed by atoms with Crippen molar-refractivity contribution in [2.45, 2.75) is 49.8 Å². The molecule has 0 aromatic heterocycles. The van der Waals surface area contributed by atoms with Gasteiger partial charge in [0.05, 0.1) is 33.0 Å². The van der Waals surface area contributed by atoms with Crippen molar-refractivity contribution in [1.82, 2.24) is 16.0 Å². The molecule has 0 radical (unpaired) electrons. The minimum atomic E-state index is -0.259. The number of fused-ring (bicyclic) bond motifs is 1. The van der Waals surface area contributed by atoms with Crippen LogP contribution < -0.4 is 26.4 Å². The molecule has 12 nitrogen and oxygen atoms in total. The van der Waals surface area contributed by atoms with E-state index in [0.717, 1.165) is 25.0 Å². The number of anilines is 1. The summed E-state index contributed by atoms with van der Waals surface area (Å²) >= 11 is 1.96. The normalized spacial score (nSPS) is 19.2. The van der Waals surface area contributed by atoms with Gasteiger partial charge in [0.1, 0.15) is 5.75 Å². The molecule has 13 heteroatoms. The molecule has 3 unspecified atom stereocenters. The molecular formula is C29H44N4O8S. The lowest BCUT2D eigenvalue weighted by Gasteiger charge is -2.17. The molecule has 2 aliphatic heterocycles. The van der Waals surface area contributed by atoms with E-state index >= 15 is 0 Å². The molecule has 0 aliphatic carbocycles. The summed E-state index contributed by atoms with van der Waals surface area (Å²) in [5.74, 6) is 1.94. The summed E-state index contributed by atoms with van der Waals surface area (Å²) in [6.07, 6.45) is 5.38. The number of hydrogen-bond acceptors (Lipinski definition) is 10. The first-order chi connectivity index (χ1) is 20.5. The van der Waals surface area contributed by atoms with Crippen molar-refractivity contribution < 1.29 is 38.1 Å². The maximum Gasteiger partial charge on any atom is 0.257 e. The molecule has 0 spiro atoms. The average Bonchev–Trinajstić information content (AvgIpc) is 3.53. The minimum Gasteiger partial charge on any atom is -0.484 e. The number of ether oxygens (including phenoxy) is 4. The lowest BCUT2D eigenvalue weighted by atomic mass is 9.97. The highest BCUT2D eigenvalue weighted by Gasteiger charge is 2.42. The van der Waals surface area contributed by atoms with E-state index < -0.39 is 0 Å². The van der Waals surface area contributed by atoms with Gasteiger partial charge in [-0.1, -0.05) is 6.42 Å². The van der Waals surface area contributed by atoms with Crippen molar-refractivity contribution >= 4 is 41.5 Å². The van der Waals surface area contributed by atoms with Gasteiger partial charge in [-0.2, -0.15) is 11.8 Å².